The molecule has 1 aromatic rings. The van der Waals surface area contributed by atoms with Gasteiger partial charge in [-0.15, -0.1) is 12.4 Å². The number of nitrogens with one attached hydrogen (secondary N) is 2. The average molecular weight is 396 g/mol. The predicted molar refractivity (Wildman–Crippen MR) is 107 cm³/mol. The second-order valence-electron chi connectivity index (χ2n) is 7.24. The topological polar surface area (TPSA) is 70.7 Å². The molecule has 3 rings (SSSR count). The molecule has 2 saturated heterocycles. The fourth-order valence-corrected chi connectivity index (χ4v) is 3.75. The van der Waals surface area contributed by atoms with Crippen molar-refractivity contribution in [3.05, 3.63) is 35.9 Å². The fourth-order valence-electron chi connectivity index (χ4n) is 3.75. The molecule has 7 heteroatoms. The molecule has 2 fully saturated rings. The van der Waals surface area contributed by atoms with Crippen LogP contribution in [-0.4, -0.2) is 61.6 Å². The molecule has 2 N–H and O–H groups in total. The van der Waals surface area contributed by atoms with Crippen molar-refractivity contribution in [3.8, 4) is 0 Å². The minimum absolute atomic E-state index is 0. The summed E-state index contributed by atoms with van der Waals surface area (Å²) in [5.74, 6) is 0.464. The maximum atomic E-state index is 12.4. The molecule has 2 amide bonds. The first kappa shape index (κ1) is 21.7. The minimum Gasteiger partial charge on any atom is -0.375 e. The lowest BCUT2D eigenvalue weighted by Gasteiger charge is -2.33. The monoisotopic (exact) mass is 395 g/mol. The Labute approximate surface area is 167 Å². The Morgan fingerprint density at radius 1 is 1.22 bits per heavy atom. The van der Waals surface area contributed by atoms with Gasteiger partial charge in [0.1, 0.15) is 6.04 Å². The molecule has 2 atom stereocenters. The van der Waals surface area contributed by atoms with E-state index in [9.17, 15) is 9.59 Å². The molecule has 0 aromatic heterocycles. The van der Waals surface area contributed by atoms with E-state index in [1.807, 2.05) is 17.9 Å². The van der Waals surface area contributed by atoms with E-state index in [0.29, 0.717) is 19.1 Å². The number of morpholine rings is 1. The molecule has 27 heavy (non-hydrogen) atoms. The van der Waals surface area contributed by atoms with Crippen LogP contribution in [0, 0.1) is 5.92 Å². The second-order valence-corrected chi connectivity index (χ2v) is 7.24. The summed E-state index contributed by atoms with van der Waals surface area (Å²) >= 11 is 0. The van der Waals surface area contributed by atoms with Crippen molar-refractivity contribution in [2.45, 2.75) is 38.3 Å². The van der Waals surface area contributed by atoms with Crippen LogP contribution in [0.3, 0.4) is 0 Å². The van der Waals surface area contributed by atoms with Crippen LogP contribution in [0.25, 0.3) is 0 Å². The summed E-state index contributed by atoms with van der Waals surface area (Å²) in [5.41, 5.74) is 1.36. The average Bonchev–Trinajstić information content (AvgIpc) is 2.67. The third-order valence-electron chi connectivity index (χ3n) is 5.35. The number of piperidine rings is 1. The van der Waals surface area contributed by atoms with E-state index in [2.05, 4.69) is 34.9 Å². The molecule has 0 aliphatic carbocycles. The first-order chi connectivity index (χ1) is 12.6. The van der Waals surface area contributed by atoms with E-state index in [0.717, 1.165) is 32.4 Å². The van der Waals surface area contributed by atoms with E-state index in [-0.39, 0.29) is 42.9 Å². The van der Waals surface area contributed by atoms with Crippen LogP contribution in [0.5, 0.6) is 0 Å². The molecule has 150 valence electrons. The highest BCUT2D eigenvalue weighted by Crippen LogP contribution is 2.21. The molecule has 2 aliphatic heterocycles. The number of halogens is 1. The number of hydrogen-bond donors (Lipinski definition) is 2. The molecule has 0 bridgehead atoms. The van der Waals surface area contributed by atoms with Crippen LogP contribution in [0.4, 0.5) is 0 Å². The molecule has 6 nitrogen and oxygen atoms in total. The lowest BCUT2D eigenvalue weighted by atomic mass is 9.90. The summed E-state index contributed by atoms with van der Waals surface area (Å²) < 4.78 is 5.48. The number of carbonyl (C=O) groups excluding carboxylic acids is 2. The molecule has 0 unspecified atom stereocenters. The number of nitrogens with zero attached hydrogens (tertiary/aromatic N) is 1. The minimum atomic E-state index is -0.381. The molecular weight excluding hydrogens is 366 g/mol. The lowest BCUT2D eigenvalue weighted by Crippen LogP contribution is -2.56. The largest absolute Gasteiger partial charge is 0.375 e. The normalized spacial score (nSPS) is 23.4. The van der Waals surface area contributed by atoms with Crippen molar-refractivity contribution in [1.29, 1.82) is 0 Å². The molecule has 0 saturated carbocycles. The van der Waals surface area contributed by atoms with Gasteiger partial charge in [0.15, 0.2) is 0 Å². The maximum absolute atomic E-state index is 12.4. The molecular formula is C20H30ClN3O3. The highest BCUT2D eigenvalue weighted by atomic mass is 35.5. The van der Waals surface area contributed by atoms with Crippen molar-refractivity contribution in [2.24, 2.45) is 5.92 Å². The van der Waals surface area contributed by atoms with Crippen LogP contribution in [0.15, 0.2) is 30.3 Å². The Hall–Kier alpha value is -1.63. The van der Waals surface area contributed by atoms with Crippen LogP contribution in [0.1, 0.15) is 25.3 Å². The molecule has 0 radical (unpaired) electrons. The van der Waals surface area contributed by atoms with Crippen molar-refractivity contribution >= 4 is 24.2 Å². The van der Waals surface area contributed by atoms with Crippen molar-refractivity contribution in [1.82, 2.24) is 15.5 Å². The summed E-state index contributed by atoms with van der Waals surface area (Å²) in [6.45, 7) is 4.75. The third-order valence-corrected chi connectivity index (χ3v) is 5.35. The SMILES string of the molecule is C[C@H]1OCCN[C@@H]1C(=O)NCC(=O)N1CCC(Cc2ccccc2)CC1.Cl. The molecule has 2 aliphatic rings. The van der Waals surface area contributed by atoms with Gasteiger partial charge in [-0.05, 0) is 37.7 Å². The van der Waals surface area contributed by atoms with Crippen molar-refractivity contribution in [2.75, 3.05) is 32.8 Å². The zero-order valence-corrected chi connectivity index (χ0v) is 16.7. The van der Waals surface area contributed by atoms with Gasteiger partial charge < -0.3 is 20.3 Å². The van der Waals surface area contributed by atoms with Crippen molar-refractivity contribution in [3.63, 3.8) is 0 Å². The van der Waals surface area contributed by atoms with Crippen LogP contribution in [-0.2, 0) is 20.7 Å². The van der Waals surface area contributed by atoms with Gasteiger partial charge in [-0.3, -0.25) is 9.59 Å². The summed E-state index contributed by atoms with van der Waals surface area (Å²) in [7, 11) is 0. The Balaban J connectivity index is 0.00000261. The highest BCUT2D eigenvalue weighted by molar-refractivity contribution is 5.88. The van der Waals surface area contributed by atoms with Gasteiger partial charge in [0, 0.05) is 19.6 Å². The summed E-state index contributed by atoms with van der Waals surface area (Å²) in [5, 5.41) is 5.90. The van der Waals surface area contributed by atoms with Gasteiger partial charge >= 0.3 is 0 Å². The Morgan fingerprint density at radius 2 is 1.93 bits per heavy atom. The van der Waals surface area contributed by atoms with Crippen LogP contribution < -0.4 is 10.6 Å². The number of hydrogen-bond acceptors (Lipinski definition) is 4. The zero-order valence-electron chi connectivity index (χ0n) is 15.9. The number of likely N-dealkylation sites (tertiary alicyclic amines) is 1. The maximum Gasteiger partial charge on any atom is 0.241 e. The standard InChI is InChI=1S/C20H29N3O3.ClH/c1-15-19(21-9-12-26-15)20(25)22-14-18(24)23-10-7-17(8-11-23)13-16-5-3-2-4-6-16;/h2-6,15,17,19,21H,7-14H2,1H3,(H,22,25);1H/t15-,19+;/m1./s1. The predicted octanol–water partition coefficient (Wildman–Crippen LogP) is 1.38. The smallest absolute Gasteiger partial charge is 0.241 e. The van der Waals surface area contributed by atoms with E-state index in [4.69, 9.17) is 4.74 Å². The van der Waals surface area contributed by atoms with Gasteiger partial charge in [-0.25, -0.2) is 0 Å². The van der Waals surface area contributed by atoms with Crippen LogP contribution >= 0.6 is 12.4 Å². The number of amides is 2. The lowest BCUT2D eigenvalue weighted by molar-refractivity contribution is -0.136. The number of rotatable bonds is 5. The molecule has 0 spiro atoms. The van der Waals surface area contributed by atoms with Crippen molar-refractivity contribution < 1.29 is 14.3 Å². The summed E-state index contributed by atoms with van der Waals surface area (Å²) in [6.07, 6.45) is 2.94. The van der Waals surface area contributed by atoms with Gasteiger partial charge in [0.05, 0.1) is 19.3 Å². The van der Waals surface area contributed by atoms with Gasteiger partial charge in [0.2, 0.25) is 11.8 Å². The zero-order chi connectivity index (χ0) is 18.4. The first-order valence-corrected chi connectivity index (χ1v) is 9.58. The number of ether oxygens (including phenoxy) is 1. The second kappa shape index (κ2) is 10.6. The summed E-state index contributed by atoms with van der Waals surface area (Å²) in [6, 6.07) is 10.1. The Morgan fingerprint density at radius 3 is 2.59 bits per heavy atom. The first-order valence-electron chi connectivity index (χ1n) is 9.58. The molecule has 2 heterocycles. The van der Waals surface area contributed by atoms with E-state index in [1.165, 1.54) is 5.56 Å². The van der Waals surface area contributed by atoms with E-state index in [1.54, 1.807) is 0 Å². The van der Waals surface area contributed by atoms with Gasteiger partial charge in [-0.2, -0.15) is 0 Å². The summed E-state index contributed by atoms with van der Waals surface area (Å²) in [4.78, 5) is 26.5. The van der Waals surface area contributed by atoms with Crippen LogP contribution in [0.2, 0.25) is 0 Å². The number of carbonyl (C=O) groups is 2. The Kier molecular flexibility index (Phi) is 8.54. The molecule has 1 aromatic carbocycles. The fraction of sp³-hybridized carbons (Fsp3) is 0.600. The Bertz CT molecular complexity index is 606. The third kappa shape index (κ3) is 6.19. The number of benzene rings is 1. The van der Waals surface area contributed by atoms with E-state index < -0.39 is 0 Å². The quantitative estimate of drug-likeness (QED) is 0.790. The highest BCUT2D eigenvalue weighted by Gasteiger charge is 2.29. The van der Waals surface area contributed by atoms with E-state index >= 15 is 0 Å². The van der Waals surface area contributed by atoms with Gasteiger partial charge in [-0.1, -0.05) is 30.3 Å². The van der Waals surface area contributed by atoms with Gasteiger partial charge in [0.25, 0.3) is 0 Å².